The Morgan fingerprint density at radius 3 is 2.61 bits per heavy atom. The summed E-state index contributed by atoms with van der Waals surface area (Å²) in [5.41, 5.74) is 6.74. The maximum atomic E-state index is 13.5. The predicted molar refractivity (Wildman–Crippen MR) is 73.6 cm³/mol. The Balaban J connectivity index is 2.14. The number of rotatable bonds is 3. The lowest BCUT2D eigenvalue weighted by Crippen LogP contribution is -2.34. The van der Waals surface area contributed by atoms with Crippen molar-refractivity contribution in [3.63, 3.8) is 0 Å². The summed E-state index contributed by atoms with van der Waals surface area (Å²) in [5, 5.41) is 10.3. The van der Waals surface area contributed by atoms with Crippen molar-refractivity contribution < 1.29 is 9.50 Å². The zero-order chi connectivity index (χ0) is 13.1. The van der Waals surface area contributed by atoms with Crippen molar-refractivity contribution in [2.24, 2.45) is 11.7 Å². The van der Waals surface area contributed by atoms with Gasteiger partial charge in [-0.15, -0.1) is 0 Å². The van der Waals surface area contributed by atoms with E-state index in [9.17, 15) is 9.50 Å². The fraction of sp³-hybridized carbons (Fsp3) is 0.571. The molecule has 1 aliphatic carbocycles. The van der Waals surface area contributed by atoms with Crippen LogP contribution in [0.4, 0.5) is 4.39 Å². The van der Waals surface area contributed by atoms with Gasteiger partial charge in [0, 0.05) is 0 Å². The first-order chi connectivity index (χ1) is 8.61. The van der Waals surface area contributed by atoms with Crippen LogP contribution in [0, 0.1) is 11.7 Å². The fourth-order valence-electron chi connectivity index (χ4n) is 2.73. The quantitative estimate of drug-likeness (QED) is 0.896. The minimum Gasteiger partial charge on any atom is -0.391 e. The third kappa shape index (κ3) is 2.92. The molecule has 0 radical (unpaired) electrons. The second-order valence-corrected chi connectivity index (χ2v) is 5.85. The molecule has 0 bridgehead atoms. The molecule has 0 spiro atoms. The van der Waals surface area contributed by atoms with Crippen molar-refractivity contribution >= 4 is 15.9 Å². The Morgan fingerprint density at radius 2 is 1.94 bits per heavy atom. The van der Waals surface area contributed by atoms with Gasteiger partial charge < -0.3 is 10.8 Å². The second-order valence-electron chi connectivity index (χ2n) is 5.06. The van der Waals surface area contributed by atoms with Gasteiger partial charge in [0.1, 0.15) is 5.82 Å². The highest BCUT2D eigenvalue weighted by atomic mass is 79.9. The highest BCUT2D eigenvalue weighted by Crippen LogP contribution is 2.34. The molecule has 0 aliphatic heterocycles. The van der Waals surface area contributed by atoms with Crippen molar-refractivity contribution in [1.29, 1.82) is 0 Å². The van der Waals surface area contributed by atoms with Gasteiger partial charge in [0.05, 0.1) is 16.6 Å². The molecular weight excluding hydrogens is 297 g/mol. The molecule has 2 rings (SSSR count). The Labute approximate surface area is 116 Å². The minimum atomic E-state index is -0.594. The van der Waals surface area contributed by atoms with Gasteiger partial charge in [0.25, 0.3) is 0 Å². The SMILES string of the molecule is N[C@H](c1cccc(F)c1Br)[C@@H](O)C1CCCCC1. The summed E-state index contributed by atoms with van der Waals surface area (Å²) >= 11 is 3.21. The molecule has 0 saturated heterocycles. The normalized spacial score (nSPS) is 20.7. The molecule has 2 nitrogen and oxygen atoms in total. The van der Waals surface area contributed by atoms with E-state index in [1.807, 2.05) is 0 Å². The topological polar surface area (TPSA) is 46.2 Å². The van der Waals surface area contributed by atoms with Crippen molar-refractivity contribution in [3.05, 3.63) is 34.1 Å². The van der Waals surface area contributed by atoms with E-state index >= 15 is 0 Å². The standard InChI is InChI=1S/C14H19BrFNO/c15-12-10(7-4-8-11(12)16)13(17)14(18)9-5-2-1-3-6-9/h4,7-9,13-14,18H,1-3,5-6,17H2/t13-,14+/m1/s1. The van der Waals surface area contributed by atoms with Gasteiger partial charge in [0.2, 0.25) is 0 Å². The molecule has 1 aromatic rings. The smallest absolute Gasteiger partial charge is 0.137 e. The van der Waals surface area contributed by atoms with E-state index in [0.29, 0.717) is 10.0 Å². The summed E-state index contributed by atoms with van der Waals surface area (Å²) in [6.07, 6.45) is 4.98. The third-order valence-electron chi connectivity index (χ3n) is 3.84. The first-order valence-electron chi connectivity index (χ1n) is 6.49. The number of benzene rings is 1. The van der Waals surface area contributed by atoms with Gasteiger partial charge in [-0.05, 0) is 46.3 Å². The lowest BCUT2D eigenvalue weighted by atomic mass is 9.81. The Morgan fingerprint density at radius 1 is 1.28 bits per heavy atom. The lowest BCUT2D eigenvalue weighted by molar-refractivity contribution is 0.0615. The maximum Gasteiger partial charge on any atom is 0.137 e. The lowest BCUT2D eigenvalue weighted by Gasteiger charge is -2.31. The monoisotopic (exact) mass is 315 g/mol. The van der Waals surface area contributed by atoms with Crippen molar-refractivity contribution in [3.8, 4) is 0 Å². The molecular formula is C14H19BrFNO. The van der Waals surface area contributed by atoms with Crippen molar-refractivity contribution in [2.75, 3.05) is 0 Å². The third-order valence-corrected chi connectivity index (χ3v) is 4.68. The second kappa shape index (κ2) is 6.13. The van der Waals surface area contributed by atoms with Crippen LogP contribution >= 0.6 is 15.9 Å². The van der Waals surface area contributed by atoms with Crippen LogP contribution in [-0.2, 0) is 0 Å². The van der Waals surface area contributed by atoms with Crippen LogP contribution in [0.3, 0.4) is 0 Å². The molecule has 0 amide bonds. The first-order valence-corrected chi connectivity index (χ1v) is 7.28. The van der Waals surface area contributed by atoms with Crippen LogP contribution < -0.4 is 5.73 Å². The molecule has 0 aromatic heterocycles. The molecule has 0 heterocycles. The van der Waals surface area contributed by atoms with Gasteiger partial charge in [-0.25, -0.2) is 4.39 Å². The van der Waals surface area contributed by atoms with Gasteiger partial charge in [0.15, 0.2) is 0 Å². The van der Waals surface area contributed by atoms with E-state index < -0.39 is 12.1 Å². The molecule has 3 N–H and O–H groups in total. The Bertz CT molecular complexity index is 407. The van der Waals surface area contributed by atoms with E-state index in [1.54, 1.807) is 12.1 Å². The Kier molecular flexibility index (Phi) is 4.76. The fourth-order valence-corrected chi connectivity index (χ4v) is 3.26. The van der Waals surface area contributed by atoms with Gasteiger partial charge in [-0.1, -0.05) is 31.4 Å². The zero-order valence-corrected chi connectivity index (χ0v) is 11.9. The highest BCUT2D eigenvalue weighted by Gasteiger charge is 2.29. The number of nitrogens with two attached hydrogens (primary N) is 1. The van der Waals surface area contributed by atoms with Gasteiger partial charge in [-0.3, -0.25) is 0 Å². The van der Waals surface area contributed by atoms with Crippen LogP contribution in [-0.4, -0.2) is 11.2 Å². The van der Waals surface area contributed by atoms with Crippen LogP contribution in [0.1, 0.15) is 43.7 Å². The molecule has 0 unspecified atom stereocenters. The molecule has 1 aromatic carbocycles. The van der Waals surface area contributed by atoms with Crippen LogP contribution in [0.15, 0.2) is 22.7 Å². The summed E-state index contributed by atoms with van der Waals surface area (Å²) in [4.78, 5) is 0. The van der Waals surface area contributed by atoms with Crippen LogP contribution in [0.2, 0.25) is 0 Å². The summed E-state index contributed by atoms with van der Waals surface area (Å²) in [6, 6.07) is 4.25. The predicted octanol–water partition coefficient (Wildman–Crippen LogP) is 3.53. The van der Waals surface area contributed by atoms with Crippen LogP contribution in [0.5, 0.6) is 0 Å². The van der Waals surface area contributed by atoms with Crippen molar-refractivity contribution in [1.82, 2.24) is 0 Å². The molecule has 100 valence electrons. The number of hydrogen-bond donors (Lipinski definition) is 2. The summed E-state index contributed by atoms with van der Waals surface area (Å²) < 4.78 is 13.8. The van der Waals surface area contributed by atoms with E-state index in [2.05, 4.69) is 15.9 Å². The molecule has 1 aliphatic rings. The average Bonchev–Trinajstić information content (AvgIpc) is 2.41. The van der Waals surface area contributed by atoms with E-state index in [0.717, 1.165) is 25.7 Å². The maximum absolute atomic E-state index is 13.5. The average molecular weight is 316 g/mol. The highest BCUT2D eigenvalue weighted by molar-refractivity contribution is 9.10. The molecule has 2 atom stereocenters. The van der Waals surface area contributed by atoms with Gasteiger partial charge in [-0.2, -0.15) is 0 Å². The summed E-state index contributed by atoms with van der Waals surface area (Å²) in [5.74, 6) is -0.0947. The zero-order valence-electron chi connectivity index (χ0n) is 10.3. The van der Waals surface area contributed by atoms with E-state index in [-0.39, 0.29) is 11.7 Å². The number of aliphatic hydroxyl groups is 1. The number of aliphatic hydroxyl groups excluding tert-OH is 1. The summed E-state index contributed by atoms with van der Waals surface area (Å²) in [6.45, 7) is 0. The number of hydrogen-bond acceptors (Lipinski definition) is 2. The summed E-state index contributed by atoms with van der Waals surface area (Å²) in [7, 11) is 0. The van der Waals surface area contributed by atoms with Crippen LogP contribution in [0.25, 0.3) is 0 Å². The largest absolute Gasteiger partial charge is 0.391 e. The minimum absolute atomic E-state index is 0.240. The first kappa shape index (κ1) is 14.0. The molecule has 4 heteroatoms. The molecule has 18 heavy (non-hydrogen) atoms. The van der Waals surface area contributed by atoms with E-state index in [1.165, 1.54) is 12.5 Å². The molecule has 1 saturated carbocycles. The number of halogens is 2. The Hall–Kier alpha value is -0.450. The van der Waals surface area contributed by atoms with E-state index in [4.69, 9.17) is 5.73 Å². The van der Waals surface area contributed by atoms with Crippen molar-refractivity contribution in [2.45, 2.75) is 44.2 Å². The van der Waals surface area contributed by atoms with Gasteiger partial charge >= 0.3 is 0 Å². The molecule has 1 fully saturated rings.